The Balaban J connectivity index is 1.94. The van der Waals surface area contributed by atoms with E-state index >= 15 is 0 Å². The van der Waals surface area contributed by atoms with Crippen LogP contribution in [0.3, 0.4) is 0 Å². The molecule has 146 valence electrons. The number of nitrogens with zero attached hydrogens (tertiary/aromatic N) is 4. The number of hydrogen-bond donors (Lipinski definition) is 1. The Kier molecular flexibility index (Phi) is 4.26. The van der Waals surface area contributed by atoms with Crippen LogP contribution in [0.2, 0.25) is 5.02 Å². The van der Waals surface area contributed by atoms with Crippen LogP contribution < -0.4 is 10.3 Å². The van der Waals surface area contributed by atoms with E-state index in [1.54, 1.807) is 11.6 Å². The highest BCUT2D eigenvalue weighted by atomic mass is 35.5. The zero-order valence-corrected chi connectivity index (χ0v) is 15.8. The Morgan fingerprint density at radius 1 is 1.32 bits per heavy atom. The van der Waals surface area contributed by atoms with Gasteiger partial charge < -0.3 is 19.3 Å². The van der Waals surface area contributed by atoms with Gasteiger partial charge in [-0.1, -0.05) is 17.7 Å². The highest BCUT2D eigenvalue weighted by Crippen LogP contribution is 2.36. The Hall–Kier alpha value is -3.07. The highest BCUT2D eigenvalue weighted by Gasteiger charge is 2.33. The molecule has 0 aliphatic carbocycles. The Morgan fingerprint density at radius 2 is 2.07 bits per heavy atom. The third kappa shape index (κ3) is 2.62. The average Bonchev–Trinajstić information content (AvgIpc) is 2.97. The van der Waals surface area contributed by atoms with Gasteiger partial charge in [-0.05, 0) is 17.7 Å². The molecule has 8 nitrogen and oxygen atoms in total. The average molecular weight is 407 g/mol. The minimum Gasteiger partial charge on any atom is -0.505 e. The maximum atomic E-state index is 13.4. The fourth-order valence-corrected chi connectivity index (χ4v) is 3.59. The lowest BCUT2D eigenvalue weighted by Crippen LogP contribution is -2.37. The molecule has 1 aromatic carbocycles. The van der Waals surface area contributed by atoms with E-state index in [1.165, 1.54) is 30.2 Å². The lowest BCUT2D eigenvalue weighted by atomic mass is 10.2. The molecule has 28 heavy (non-hydrogen) atoms. The summed E-state index contributed by atoms with van der Waals surface area (Å²) in [4.78, 5) is 27.0. The molecule has 0 saturated heterocycles. The Labute approximate surface area is 163 Å². The van der Waals surface area contributed by atoms with Crippen LogP contribution in [-0.2, 0) is 13.1 Å². The number of carbonyl (C=O) groups excluding carboxylic acids is 1. The van der Waals surface area contributed by atoms with Crippen molar-refractivity contribution in [1.82, 2.24) is 19.2 Å². The van der Waals surface area contributed by atoms with Crippen LogP contribution in [0.15, 0.2) is 23.0 Å². The minimum atomic E-state index is -0.592. The molecule has 1 amide bonds. The topological polar surface area (TPSA) is 89.6 Å². The number of hydrogen-bond acceptors (Lipinski definition) is 5. The van der Waals surface area contributed by atoms with Crippen molar-refractivity contribution in [1.29, 1.82) is 0 Å². The lowest BCUT2D eigenvalue weighted by Gasteiger charge is -2.24. The van der Waals surface area contributed by atoms with E-state index in [1.807, 2.05) is 0 Å². The van der Waals surface area contributed by atoms with Crippen molar-refractivity contribution in [3.8, 4) is 11.6 Å². The molecule has 1 N–H and O–H groups in total. The van der Waals surface area contributed by atoms with Crippen molar-refractivity contribution in [2.24, 2.45) is 0 Å². The quantitative estimate of drug-likeness (QED) is 0.716. The summed E-state index contributed by atoms with van der Waals surface area (Å²) in [6.45, 7) is 0.804. The zero-order valence-electron chi connectivity index (χ0n) is 15.1. The molecule has 3 aromatic rings. The van der Waals surface area contributed by atoms with Gasteiger partial charge in [-0.25, -0.2) is 9.07 Å². The van der Waals surface area contributed by atoms with Crippen LogP contribution >= 0.6 is 11.6 Å². The standard InChI is InChI=1S/C18H16ClFN4O4/c1-22-5-6-23-13-12(15(25)14(23)18(22)27)17(26)24(21-16(13)28-2)8-9-3-4-11(20)10(19)7-9/h3-4,7,25H,5-6,8H2,1-2H3. The summed E-state index contributed by atoms with van der Waals surface area (Å²) >= 11 is 5.80. The van der Waals surface area contributed by atoms with E-state index in [0.717, 1.165) is 4.68 Å². The van der Waals surface area contributed by atoms with Crippen LogP contribution in [-0.4, -0.2) is 51.0 Å². The van der Waals surface area contributed by atoms with Gasteiger partial charge in [0.15, 0.2) is 11.4 Å². The molecule has 0 spiro atoms. The molecule has 4 rings (SSSR count). The van der Waals surface area contributed by atoms with Gasteiger partial charge in [-0.3, -0.25) is 9.59 Å². The van der Waals surface area contributed by atoms with E-state index in [9.17, 15) is 19.1 Å². The number of benzene rings is 1. The third-order valence-corrected chi connectivity index (χ3v) is 5.11. The van der Waals surface area contributed by atoms with E-state index in [4.69, 9.17) is 16.3 Å². The number of aromatic nitrogens is 3. The van der Waals surface area contributed by atoms with Gasteiger partial charge in [0.1, 0.15) is 16.7 Å². The summed E-state index contributed by atoms with van der Waals surface area (Å²) in [5, 5.41) is 14.8. The first-order valence-electron chi connectivity index (χ1n) is 8.43. The molecule has 2 aromatic heterocycles. The first kappa shape index (κ1) is 18.3. The molecule has 0 unspecified atom stereocenters. The summed E-state index contributed by atoms with van der Waals surface area (Å²) < 4.78 is 21.4. The number of amides is 1. The van der Waals surface area contributed by atoms with Crippen molar-refractivity contribution in [3.63, 3.8) is 0 Å². The van der Waals surface area contributed by atoms with Crippen molar-refractivity contribution in [2.75, 3.05) is 20.7 Å². The number of fused-ring (bicyclic) bond motifs is 3. The predicted molar refractivity (Wildman–Crippen MR) is 99.7 cm³/mol. The summed E-state index contributed by atoms with van der Waals surface area (Å²) in [6.07, 6.45) is 0. The fraction of sp³-hybridized carbons (Fsp3) is 0.278. The molecule has 3 heterocycles. The van der Waals surface area contributed by atoms with Gasteiger partial charge >= 0.3 is 0 Å². The van der Waals surface area contributed by atoms with Gasteiger partial charge in [0.25, 0.3) is 17.3 Å². The second-order valence-electron chi connectivity index (χ2n) is 6.52. The first-order valence-corrected chi connectivity index (χ1v) is 8.81. The number of rotatable bonds is 3. The number of methoxy groups -OCH3 is 1. The van der Waals surface area contributed by atoms with Crippen LogP contribution in [0, 0.1) is 5.82 Å². The second-order valence-corrected chi connectivity index (χ2v) is 6.93. The largest absolute Gasteiger partial charge is 0.505 e. The zero-order chi connectivity index (χ0) is 20.2. The van der Waals surface area contributed by atoms with Crippen molar-refractivity contribution >= 4 is 28.4 Å². The van der Waals surface area contributed by atoms with E-state index in [0.29, 0.717) is 18.7 Å². The van der Waals surface area contributed by atoms with Gasteiger partial charge in [0.2, 0.25) is 0 Å². The highest BCUT2D eigenvalue weighted by molar-refractivity contribution is 6.30. The monoisotopic (exact) mass is 406 g/mol. The van der Waals surface area contributed by atoms with E-state index in [-0.39, 0.29) is 34.0 Å². The van der Waals surface area contributed by atoms with Crippen LogP contribution in [0.25, 0.3) is 10.9 Å². The van der Waals surface area contributed by atoms with Crippen LogP contribution in [0.1, 0.15) is 16.1 Å². The summed E-state index contributed by atoms with van der Waals surface area (Å²) in [6, 6.07) is 4.07. The van der Waals surface area contributed by atoms with Crippen molar-refractivity contribution in [2.45, 2.75) is 13.1 Å². The molecule has 10 heteroatoms. The van der Waals surface area contributed by atoms with E-state index < -0.39 is 23.0 Å². The molecule has 1 aliphatic heterocycles. The van der Waals surface area contributed by atoms with Gasteiger partial charge in [0, 0.05) is 20.1 Å². The SMILES string of the molecule is COc1nn(Cc2ccc(F)c(Cl)c2)c(=O)c2c(O)c3n(c12)CCN(C)C3=O. The maximum Gasteiger partial charge on any atom is 0.280 e. The van der Waals surface area contributed by atoms with Gasteiger partial charge in [0.05, 0.1) is 18.7 Å². The smallest absolute Gasteiger partial charge is 0.280 e. The molecule has 1 aliphatic rings. The lowest BCUT2D eigenvalue weighted by molar-refractivity contribution is 0.0747. The predicted octanol–water partition coefficient (Wildman–Crippen LogP) is 1.84. The molecule has 0 atom stereocenters. The fourth-order valence-electron chi connectivity index (χ4n) is 3.39. The molecular weight excluding hydrogens is 391 g/mol. The molecule has 0 radical (unpaired) electrons. The van der Waals surface area contributed by atoms with E-state index in [2.05, 4.69) is 5.10 Å². The summed E-state index contributed by atoms with van der Waals surface area (Å²) in [7, 11) is 3.01. The van der Waals surface area contributed by atoms with Crippen LogP contribution in [0.4, 0.5) is 4.39 Å². The Bertz CT molecular complexity index is 1190. The Morgan fingerprint density at radius 3 is 2.75 bits per heavy atom. The number of carbonyl (C=O) groups is 1. The second kappa shape index (κ2) is 6.52. The number of ether oxygens (including phenoxy) is 1. The number of halogens is 2. The summed E-state index contributed by atoms with van der Waals surface area (Å²) in [5.41, 5.74) is 0.256. The maximum absolute atomic E-state index is 13.4. The molecule has 0 fully saturated rings. The van der Waals surface area contributed by atoms with Crippen molar-refractivity contribution < 1.29 is 19.0 Å². The first-order chi connectivity index (χ1) is 13.3. The third-order valence-electron chi connectivity index (χ3n) is 4.82. The summed E-state index contributed by atoms with van der Waals surface area (Å²) in [5.74, 6) is -1.26. The molecule has 0 saturated carbocycles. The minimum absolute atomic E-state index is 0.0149. The normalized spacial score (nSPS) is 13.9. The molecular formula is C18H16ClFN4O4. The molecule has 0 bridgehead atoms. The van der Waals surface area contributed by atoms with Gasteiger partial charge in [-0.2, -0.15) is 0 Å². The van der Waals surface area contributed by atoms with Crippen LogP contribution in [0.5, 0.6) is 11.6 Å². The van der Waals surface area contributed by atoms with Gasteiger partial charge in [-0.15, -0.1) is 5.10 Å². The number of likely N-dealkylation sites (N-methyl/N-ethyl adjacent to an activating group) is 1. The number of aromatic hydroxyl groups is 1. The van der Waals surface area contributed by atoms with Crippen molar-refractivity contribution in [3.05, 3.63) is 50.7 Å².